The van der Waals surface area contributed by atoms with E-state index in [1.165, 1.54) is 29.3 Å². The molecule has 0 bridgehead atoms. The molecule has 4 rings (SSSR count). The van der Waals surface area contributed by atoms with Gasteiger partial charge in [-0.25, -0.2) is 9.97 Å². The fourth-order valence-corrected chi connectivity index (χ4v) is 4.14. The Morgan fingerprint density at radius 1 is 1.32 bits per heavy atom. The second-order valence-corrected chi connectivity index (χ2v) is 7.69. The minimum atomic E-state index is -0.438. The molecular weight excluding hydrogens is 392 g/mol. The average Bonchev–Trinajstić information content (AvgIpc) is 3.43. The molecule has 3 aromatic rings. The molecule has 7 nitrogen and oxygen atoms in total. The van der Waals surface area contributed by atoms with Crippen LogP contribution in [0.3, 0.4) is 0 Å². The molecule has 0 saturated carbocycles. The first-order valence-electron chi connectivity index (χ1n) is 8.29. The molecule has 2 aromatic heterocycles. The van der Waals surface area contributed by atoms with Crippen LogP contribution >= 0.6 is 23.1 Å². The molecule has 1 aliphatic heterocycles. The summed E-state index contributed by atoms with van der Waals surface area (Å²) in [5.41, 5.74) is 4.92. The standard InChI is InChI=1S/C19H14N6OS2/c1-4-15-13-7-5-6-8-14(13)17(26)24(15)11(2)16-22-18(27-3)23-25(16)19-21-10-12(9-20)28-19/h5-8,10-11H,1H2,2-3H3. The predicted molar refractivity (Wildman–Crippen MR) is 107 cm³/mol. The highest BCUT2D eigenvalue weighted by Gasteiger charge is 2.38. The summed E-state index contributed by atoms with van der Waals surface area (Å²) in [6.07, 6.45) is 3.38. The Morgan fingerprint density at radius 3 is 2.71 bits per heavy atom. The molecular formula is C19H14N6OS2. The van der Waals surface area contributed by atoms with E-state index in [0.29, 0.717) is 32.3 Å². The number of amides is 1. The van der Waals surface area contributed by atoms with E-state index in [1.807, 2.05) is 31.4 Å². The molecule has 1 aliphatic rings. The van der Waals surface area contributed by atoms with E-state index < -0.39 is 6.04 Å². The maximum Gasteiger partial charge on any atom is 0.260 e. The fraction of sp³-hybridized carbons (Fsp3) is 0.158. The van der Waals surface area contributed by atoms with Crippen LogP contribution in [-0.2, 0) is 0 Å². The molecule has 1 aromatic carbocycles. The van der Waals surface area contributed by atoms with Crippen molar-refractivity contribution in [3.05, 3.63) is 64.6 Å². The molecule has 0 N–H and O–H groups in total. The monoisotopic (exact) mass is 406 g/mol. The predicted octanol–water partition coefficient (Wildman–Crippen LogP) is 3.66. The highest BCUT2D eigenvalue weighted by atomic mass is 32.2. The Hall–Kier alpha value is -3.18. The Kier molecular flexibility index (Phi) is 4.61. The third-order valence-corrected chi connectivity index (χ3v) is 5.80. The largest absolute Gasteiger partial charge is 0.290 e. The number of carbonyl (C=O) groups excluding carboxylic acids is 1. The summed E-state index contributed by atoms with van der Waals surface area (Å²) in [6.45, 7) is 5.65. The summed E-state index contributed by atoms with van der Waals surface area (Å²) in [5, 5.41) is 14.7. The smallest absolute Gasteiger partial charge is 0.260 e. The molecule has 0 radical (unpaired) electrons. The van der Waals surface area contributed by atoms with Crippen molar-refractivity contribution >= 4 is 34.7 Å². The van der Waals surface area contributed by atoms with Crippen molar-refractivity contribution in [3.8, 4) is 11.2 Å². The number of benzene rings is 1. The van der Waals surface area contributed by atoms with Gasteiger partial charge in [0, 0.05) is 11.1 Å². The lowest BCUT2D eigenvalue weighted by atomic mass is 10.1. The summed E-state index contributed by atoms with van der Waals surface area (Å²) in [7, 11) is 0. The minimum Gasteiger partial charge on any atom is -0.290 e. The Bertz CT molecular complexity index is 1180. The summed E-state index contributed by atoms with van der Waals surface area (Å²) >= 11 is 2.62. The van der Waals surface area contributed by atoms with Gasteiger partial charge in [0.15, 0.2) is 5.82 Å². The molecule has 0 aliphatic carbocycles. The van der Waals surface area contributed by atoms with Crippen LogP contribution in [0.4, 0.5) is 0 Å². The SMILES string of the molecule is C=C=C1c2ccccc2C(=O)N1C(C)c1nc(SC)nn1-c1ncc(C#N)s1. The third kappa shape index (κ3) is 2.75. The lowest BCUT2D eigenvalue weighted by Gasteiger charge is -2.24. The summed E-state index contributed by atoms with van der Waals surface area (Å²) < 4.78 is 1.60. The van der Waals surface area contributed by atoms with E-state index in [1.54, 1.807) is 15.6 Å². The molecule has 3 heterocycles. The normalized spacial score (nSPS) is 14.0. The van der Waals surface area contributed by atoms with E-state index in [-0.39, 0.29) is 5.91 Å². The van der Waals surface area contributed by atoms with Crippen LogP contribution in [0.1, 0.15) is 39.6 Å². The third-order valence-electron chi connectivity index (χ3n) is 4.38. The molecule has 0 fully saturated rings. The van der Waals surface area contributed by atoms with Gasteiger partial charge in [0.2, 0.25) is 10.3 Å². The number of fused-ring (bicyclic) bond motifs is 1. The highest BCUT2D eigenvalue weighted by Crippen LogP contribution is 2.38. The first kappa shape index (κ1) is 18.2. The van der Waals surface area contributed by atoms with Crippen molar-refractivity contribution in [2.45, 2.75) is 18.1 Å². The molecule has 28 heavy (non-hydrogen) atoms. The minimum absolute atomic E-state index is 0.133. The van der Waals surface area contributed by atoms with Gasteiger partial charge in [0.25, 0.3) is 5.91 Å². The number of nitrogens with zero attached hydrogens (tertiary/aromatic N) is 6. The highest BCUT2D eigenvalue weighted by molar-refractivity contribution is 7.98. The van der Waals surface area contributed by atoms with Gasteiger partial charge in [-0.15, -0.1) is 10.8 Å². The first-order chi connectivity index (χ1) is 13.6. The number of thioether (sulfide) groups is 1. The Labute approximate surface area is 169 Å². The zero-order valence-corrected chi connectivity index (χ0v) is 16.7. The summed E-state index contributed by atoms with van der Waals surface area (Å²) in [6, 6.07) is 9.03. The topological polar surface area (TPSA) is 87.7 Å². The van der Waals surface area contributed by atoms with Gasteiger partial charge in [0.1, 0.15) is 10.9 Å². The van der Waals surface area contributed by atoms with Gasteiger partial charge < -0.3 is 0 Å². The second-order valence-electron chi connectivity index (χ2n) is 5.91. The van der Waals surface area contributed by atoms with Crippen molar-refractivity contribution in [3.63, 3.8) is 0 Å². The second kappa shape index (κ2) is 7.09. The van der Waals surface area contributed by atoms with E-state index >= 15 is 0 Å². The van der Waals surface area contributed by atoms with Crippen LogP contribution < -0.4 is 0 Å². The maximum absolute atomic E-state index is 13.1. The number of rotatable bonds is 4. The van der Waals surface area contributed by atoms with Crippen LogP contribution in [-0.4, -0.2) is 36.8 Å². The van der Waals surface area contributed by atoms with Gasteiger partial charge >= 0.3 is 0 Å². The van der Waals surface area contributed by atoms with Crippen molar-refractivity contribution in [2.24, 2.45) is 0 Å². The number of hydrogen-bond acceptors (Lipinski definition) is 7. The molecule has 1 unspecified atom stereocenters. The lowest BCUT2D eigenvalue weighted by Crippen LogP contribution is -2.28. The van der Waals surface area contributed by atoms with E-state index in [2.05, 4.69) is 33.4 Å². The van der Waals surface area contributed by atoms with Gasteiger partial charge in [-0.3, -0.25) is 9.69 Å². The summed E-state index contributed by atoms with van der Waals surface area (Å²) in [5.74, 6) is 0.420. The van der Waals surface area contributed by atoms with Crippen molar-refractivity contribution in [1.29, 1.82) is 5.26 Å². The van der Waals surface area contributed by atoms with E-state index in [0.717, 1.165) is 5.56 Å². The van der Waals surface area contributed by atoms with Crippen molar-refractivity contribution < 1.29 is 4.79 Å². The number of nitriles is 1. The number of carbonyl (C=O) groups is 1. The quantitative estimate of drug-likeness (QED) is 0.485. The maximum atomic E-state index is 13.1. The zero-order valence-electron chi connectivity index (χ0n) is 15.1. The molecule has 1 atom stereocenters. The molecule has 138 valence electrons. The summed E-state index contributed by atoms with van der Waals surface area (Å²) in [4.78, 5) is 24.1. The number of aromatic nitrogens is 4. The number of thiazole rings is 1. The average molecular weight is 406 g/mol. The van der Waals surface area contributed by atoms with Gasteiger partial charge in [-0.05, 0) is 19.2 Å². The van der Waals surface area contributed by atoms with Gasteiger partial charge in [0.05, 0.1) is 17.9 Å². The molecule has 9 heteroatoms. The fourth-order valence-electron chi connectivity index (χ4n) is 3.12. The van der Waals surface area contributed by atoms with Gasteiger partial charge in [-0.1, -0.05) is 47.9 Å². The van der Waals surface area contributed by atoms with Crippen LogP contribution in [0.15, 0.2) is 47.9 Å². The van der Waals surface area contributed by atoms with Crippen molar-refractivity contribution in [1.82, 2.24) is 24.6 Å². The Balaban J connectivity index is 1.82. The molecule has 0 spiro atoms. The first-order valence-corrected chi connectivity index (χ1v) is 10.3. The van der Waals surface area contributed by atoms with Crippen LogP contribution in [0, 0.1) is 11.3 Å². The van der Waals surface area contributed by atoms with Crippen LogP contribution in [0.5, 0.6) is 0 Å². The van der Waals surface area contributed by atoms with E-state index in [9.17, 15) is 4.79 Å². The number of hydrogen-bond donors (Lipinski definition) is 0. The van der Waals surface area contributed by atoms with Crippen LogP contribution in [0.25, 0.3) is 10.8 Å². The van der Waals surface area contributed by atoms with Crippen molar-refractivity contribution in [2.75, 3.05) is 6.26 Å². The molecule has 0 saturated heterocycles. The van der Waals surface area contributed by atoms with Crippen LogP contribution in [0.2, 0.25) is 0 Å². The van der Waals surface area contributed by atoms with Gasteiger partial charge in [-0.2, -0.15) is 9.94 Å². The van der Waals surface area contributed by atoms with E-state index in [4.69, 9.17) is 5.26 Å². The lowest BCUT2D eigenvalue weighted by molar-refractivity contribution is 0.0806. The molecule has 1 amide bonds. The Morgan fingerprint density at radius 2 is 2.07 bits per heavy atom. The zero-order chi connectivity index (χ0) is 19.8.